The standard InChI is InChI=1S/C24H25N5O3/c1-16-10-12-29(13-11-16)23-9-7-20(27-28-23)17-2-4-18(5-3-17)25-24(30)26-19-6-8-21-22(14-19)32-15-31-21/h2-9,14,16H,10-13,15H2,1H3,(H2,25,26,30). The molecule has 2 amide bonds. The lowest BCUT2D eigenvalue weighted by molar-refractivity contribution is 0.174. The van der Waals surface area contributed by atoms with E-state index in [0.717, 1.165) is 36.1 Å². The molecule has 0 radical (unpaired) electrons. The molecule has 2 aromatic carbocycles. The van der Waals surface area contributed by atoms with Crippen LogP contribution in [0, 0.1) is 5.92 Å². The Morgan fingerprint density at radius 2 is 1.62 bits per heavy atom. The van der Waals surface area contributed by atoms with Gasteiger partial charge in [-0.25, -0.2) is 4.79 Å². The number of anilines is 3. The van der Waals surface area contributed by atoms with E-state index < -0.39 is 0 Å². The van der Waals surface area contributed by atoms with Gasteiger partial charge in [-0.1, -0.05) is 19.1 Å². The molecule has 0 aliphatic carbocycles. The van der Waals surface area contributed by atoms with Gasteiger partial charge < -0.3 is 25.0 Å². The number of piperidine rings is 1. The Morgan fingerprint density at radius 3 is 2.38 bits per heavy atom. The molecule has 2 aliphatic heterocycles. The molecule has 0 saturated carbocycles. The number of amides is 2. The number of nitrogens with one attached hydrogen (secondary N) is 2. The number of urea groups is 1. The third kappa shape index (κ3) is 4.44. The number of carbonyl (C=O) groups is 1. The molecule has 2 N–H and O–H groups in total. The van der Waals surface area contributed by atoms with Crippen LogP contribution in [0.25, 0.3) is 11.3 Å². The summed E-state index contributed by atoms with van der Waals surface area (Å²) in [5.41, 5.74) is 3.05. The number of benzene rings is 2. The fourth-order valence-electron chi connectivity index (χ4n) is 3.88. The van der Waals surface area contributed by atoms with E-state index in [1.54, 1.807) is 18.2 Å². The Hall–Kier alpha value is -3.81. The second kappa shape index (κ2) is 8.74. The highest BCUT2D eigenvalue weighted by molar-refractivity contribution is 6.00. The lowest BCUT2D eigenvalue weighted by atomic mass is 9.99. The fraction of sp³-hybridized carbons (Fsp3) is 0.292. The third-order valence-corrected chi connectivity index (χ3v) is 5.83. The minimum atomic E-state index is -0.336. The molecule has 0 unspecified atom stereocenters. The van der Waals surface area contributed by atoms with Crippen LogP contribution >= 0.6 is 0 Å². The summed E-state index contributed by atoms with van der Waals surface area (Å²) in [7, 11) is 0. The van der Waals surface area contributed by atoms with E-state index >= 15 is 0 Å². The van der Waals surface area contributed by atoms with Crippen molar-refractivity contribution in [3.8, 4) is 22.8 Å². The van der Waals surface area contributed by atoms with Crippen LogP contribution in [-0.2, 0) is 0 Å². The SMILES string of the molecule is CC1CCN(c2ccc(-c3ccc(NC(=O)Nc4ccc5c(c4)OCO5)cc3)nn2)CC1. The summed E-state index contributed by atoms with van der Waals surface area (Å²) in [6.45, 7) is 4.56. The van der Waals surface area contributed by atoms with Crippen molar-refractivity contribution in [3.63, 3.8) is 0 Å². The van der Waals surface area contributed by atoms with Gasteiger partial charge in [-0.15, -0.1) is 10.2 Å². The first-order chi connectivity index (χ1) is 15.6. The van der Waals surface area contributed by atoms with Gasteiger partial charge in [-0.05, 0) is 55.2 Å². The Balaban J connectivity index is 1.19. The molecule has 1 fully saturated rings. The van der Waals surface area contributed by atoms with Crippen molar-refractivity contribution in [1.29, 1.82) is 0 Å². The highest BCUT2D eigenvalue weighted by Crippen LogP contribution is 2.34. The number of nitrogens with zero attached hydrogens (tertiary/aromatic N) is 3. The molecule has 8 nitrogen and oxygen atoms in total. The molecule has 32 heavy (non-hydrogen) atoms. The fourth-order valence-corrected chi connectivity index (χ4v) is 3.88. The first-order valence-electron chi connectivity index (χ1n) is 10.8. The molecule has 0 bridgehead atoms. The van der Waals surface area contributed by atoms with E-state index in [1.807, 2.05) is 36.4 Å². The number of fused-ring (bicyclic) bond motifs is 1. The molecule has 0 spiro atoms. The molecule has 164 valence electrons. The Morgan fingerprint density at radius 1 is 0.906 bits per heavy atom. The number of carbonyl (C=O) groups excluding carboxylic acids is 1. The first-order valence-corrected chi connectivity index (χ1v) is 10.8. The minimum Gasteiger partial charge on any atom is -0.454 e. The number of hydrogen-bond donors (Lipinski definition) is 2. The summed E-state index contributed by atoms with van der Waals surface area (Å²) in [6, 6.07) is 16.5. The molecule has 0 atom stereocenters. The van der Waals surface area contributed by atoms with Gasteiger partial charge in [0.2, 0.25) is 6.79 Å². The topological polar surface area (TPSA) is 88.6 Å². The van der Waals surface area contributed by atoms with Gasteiger partial charge in [0.05, 0.1) is 5.69 Å². The van der Waals surface area contributed by atoms with Crippen molar-refractivity contribution in [2.45, 2.75) is 19.8 Å². The van der Waals surface area contributed by atoms with Crippen molar-refractivity contribution in [1.82, 2.24) is 10.2 Å². The summed E-state index contributed by atoms with van der Waals surface area (Å²) in [4.78, 5) is 14.6. The maximum Gasteiger partial charge on any atom is 0.323 e. The molecule has 8 heteroatoms. The van der Waals surface area contributed by atoms with E-state index in [-0.39, 0.29) is 12.8 Å². The normalized spacial score (nSPS) is 15.5. The quantitative estimate of drug-likeness (QED) is 0.620. The molecular weight excluding hydrogens is 406 g/mol. The smallest absolute Gasteiger partial charge is 0.323 e. The monoisotopic (exact) mass is 431 g/mol. The second-order valence-corrected chi connectivity index (χ2v) is 8.17. The van der Waals surface area contributed by atoms with Gasteiger partial charge in [0.1, 0.15) is 0 Å². The molecular formula is C24H25N5O3. The predicted octanol–water partition coefficient (Wildman–Crippen LogP) is 4.75. The molecule has 3 heterocycles. The highest BCUT2D eigenvalue weighted by atomic mass is 16.7. The average Bonchev–Trinajstić information content (AvgIpc) is 3.28. The largest absolute Gasteiger partial charge is 0.454 e. The zero-order valence-corrected chi connectivity index (χ0v) is 17.9. The molecule has 2 aliphatic rings. The van der Waals surface area contributed by atoms with Crippen LogP contribution in [0.15, 0.2) is 54.6 Å². The lowest BCUT2D eigenvalue weighted by Crippen LogP contribution is -2.33. The van der Waals surface area contributed by atoms with Crippen molar-refractivity contribution in [2.75, 3.05) is 35.4 Å². The zero-order chi connectivity index (χ0) is 21.9. The van der Waals surface area contributed by atoms with E-state index in [1.165, 1.54) is 12.8 Å². The average molecular weight is 431 g/mol. The summed E-state index contributed by atoms with van der Waals surface area (Å²) >= 11 is 0. The van der Waals surface area contributed by atoms with Crippen molar-refractivity contribution in [2.24, 2.45) is 5.92 Å². The van der Waals surface area contributed by atoms with Crippen molar-refractivity contribution in [3.05, 3.63) is 54.6 Å². The van der Waals surface area contributed by atoms with Crippen LogP contribution in [0.1, 0.15) is 19.8 Å². The summed E-state index contributed by atoms with van der Waals surface area (Å²) in [6.07, 6.45) is 2.39. The van der Waals surface area contributed by atoms with Crippen molar-refractivity contribution < 1.29 is 14.3 Å². The van der Waals surface area contributed by atoms with Crippen molar-refractivity contribution >= 4 is 23.2 Å². The van der Waals surface area contributed by atoms with Gasteiger partial charge in [-0.2, -0.15) is 0 Å². The van der Waals surface area contributed by atoms with Gasteiger partial charge in [0.15, 0.2) is 17.3 Å². The Bertz CT molecular complexity index is 1090. The van der Waals surface area contributed by atoms with Gasteiger partial charge in [-0.3, -0.25) is 0 Å². The van der Waals surface area contributed by atoms with Crippen LogP contribution in [0.3, 0.4) is 0 Å². The maximum absolute atomic E-state index is 12.3. The summed E-state index contributed by atoms with van der Waals surface area (Å²) in [5.74, 6) is 3.01. The number of hydrogen-bond acceptors (Lipinski definition) is 6. The van der Waals surface area contributed by atoms with Crippen LogP contribution < -0.4 is 25.0 Å². The summed E-state index contributed by atoms with van der Waals surface area (Å²) in [5, 5.41) is 14.4. The van der Waals surface area contributed by atoms with Crippen LogP contribution in [0.2, 0.25) is 0 Å². The number of rotatable bonds is 4. The number of ether oxygens (including phenoxy) is 2. The Labute approximate surface area is 186 Å². The van der Waals surface area contributed by atoms with Crippen LogP contribution in [-0.4, -0.2) is 36.1 Å². The Kier molecular flexibility index (Phi) is 5.49. The van der Waals surface area contributed by atoms with E-state index in [9.17, 15) is 4.79 Å². The second-order valence-electron chi connectivity index (χ2n) is 8.17. The molecule has 1 aromatic heterocycles. The van der Waals surface area contributed by atoms with E-state index in [4.69, 9.17) is 9.47 Å². The highest BCUT2D eigenvalue weighted by Gasteiger charge is 2.17. The number of aromatic nitrogens is 2. The minimum absolute atomic E-state index is 0.196. The third-order valence-electron chi connectivity index (χ3n) is 5.83. The first kappa shape index (κ1) is 20.1. The molecule has 5 rings (SSSR count). The van der Waals surface area contributed by atoms with E-state index in [2.05, 4.69) is 32.7 Å². The summed E-state index contributed by atoms with van der Waals surface area (Å²) < 4.78 is 10.6. The lowest BCUT2D eigenvalue weighted by Gasteiger charge is -2.30. The van der Waals surface area contributed by atoms with Gasteiger partial charge in [0, 0.05) is 36.1 Å². The molecule has 1 saturated heterocycles. The zero-order valence-electron chi connectivity index (χ0n) is 17.9. The van der Waals surface area contributed by atoms with Gasteiger partial charge in [0.25, 0.3) is 0 Å². The van der Waals surface area contributed by atoms with E-state index in [0.29, 0.717) is 22.9 Å². The predicted molar refractivity (Wildman–Crippen MR) is 123 cm³/mol. The molecule has 3 aromatic rings. The van der Waals surface area contributed by atoms with Crippen LogP contribution in [0.5, 0.6) is 11.5 Å². The van der Waals surface area contributed by atoms with Gasteiger partial charge >= 0.3 is 6.03 Å². The maximum atomic E-state index is 12.3. The van der Waals surface area contributed by atoms with Crippen LogP contribution in [0.4, 0.5) is 22.0 Å².